The number of carbonyl (C=O) groups excluding carboxylic acids is 1. The van der Waals surface area contributed by atoms with Crippen molar-refractivity contribution in [2.24, 2.45) is 0 Å². The van der Waals surface area contributed by atoms with Crippen LogP contribution in [0, 0.1) is 13.8 Å². The number of aryl methyl sites for hydroxylation is 2. The molecule has 2 rings (SSSR count). The van der Waals surface area contributed by atoms with Crippen LogP contribution in [0.2, 0.25) is 0 Å². The number of thioether (sulfide) groups is 1. The second-order valence-electron chi connectivity index (χ2n) is 5.19. The maximum atomic E-state index is 12.3. The van der Waals surface area contributed by atoms with Gasteiger partial charge in [-0.1, -0.05) is 48.5 Å². The molecule has 0 fully saturated rings. The van der Waals surface area contributed by atoms with Crippen molar-refractivity contribution >= 4 is 23.4 Å². The molecule has 0 aromatic heterocycles. The monoisotopic (exact) mass is 299 g/mol. The van der Waals surface area contributed by atoms with Crippen molar-refractivity contribution in [1.82, 2.24) is 0 Å². The number of benzene rings is 2. The summed E-state index contributed by atoms with van der Waals surface area (Å²) >= 11 is 1.66. The molecule has 0 unspecified atom stereocenters. The molecule has 0 radical (unpaired) electrons. The van der Waals surface area contributed by atoms with E-state index in [1.807, 2.05) is 57.2 Å². The summed E-state index contributed by atoms with van der Waals surface area (Å²) in [4.78, 5) is 12.3. The van der Waals surface area contributed by atoms with Crippen molar-refractivity contribution in [3.05, 3.63) is 65.2 Å². The minimum atomic E-state index is -0.0794. The zero-order valence-electron chi connectivity index (χ0n) is 12.7. The molecule has 0 bridgehead atoms. The van der Waals surface area contributed by atoms with E-state index in [9.17, 15) is 4.79 Å². The van der Waals surface area contributed by atoms with E-state index in [0.29, 0.717) is 0 Å². The van der Waals surface area contributed by atoms with Gasteiger partial charge in [0, 0.05) is 11.4 Å². The van der Waals surface area contributed by atoms with Gasteiger partial charge in [0.15, 0.2) is 0 Å². The molecule has 0 aliphatic heterocycles. The molecule has 1 atom stereocenters. The Morgan fingerprint density at radius 2 is 1.67 bits per heavy atom. The van der Waals surface area contributed by atoms with Gasteiger partial charge in [0.2, 0.25) is 5.91 Å². The van der Waals surface area contributed by atoms with Crippen LogP contribution in [0.3, 0.4) is 0 Å². The van der Waals surface area contributed by atoms with E-state index in [-0.39, 0.29) is 11.2 Å². The van der Waals surface area contributed by atoms with Crippen molar-refractivity contribution < 1.29 is 4.79 Å². The Bertz CT molecular complexity index is 590. The summed E-state index contributed by atoms with van der Waals surface area (Å²) in [5.74, 6) is 0.913. The van der Waals surface area contributed by atoms with Gasteiger partial charge in [-0.15, -0.1) is 11.8 Å². The van der Waals surface area contributed by atoms with Gasteiger partial charge >= 0.3 is 0 Å². The molecular formula is C18H21NOS. The van der Waals surface area contributed by atoms with Gasteiger partial charge in [-0.3, -0.25) is 4.79 Å². The van der Waals surface area contributed by atoms with E-state index in [2.05, 4.69) is 17.4 Å². The molecule has 0 saturated heterocycles. The van der Waals surface area contributed by atoms with E-state index in [1.165, 1.54) is 5.56 Å². The fraction of sp³-hybridized carbons (Fsp3) is 0.278. The molecule has 0 heterocycles. The Labute approximate surface area is 131 Å². The summed E-state index contributed by atoms with van der Waals surface area (Å²) in [7, 11) is 0. The number of amides is 1. The van der Waals surface area contributed by atoms with Crippen LogP contribution in [-0.4, -0.2) is 11.2 Å². The smallest absolute Gasteiger partial charge is 0.237 e. The number of anilines is 1. The lowest BCUT2D eigenvalue weighted by molar-refractivity contribution is -0.115. The summed E-state index contributed by atoms with van der Waals surface area (Å²) in [6.07, 6.45) is 0. The lowest BCUT2D eigenvalue weighted by Gasteiger charge is -2.15. The summed E-state index contributed by atoms with van der Waals surface area (Å²) in [6.45, 7) is 5.99. The lowest BCUT2D eigenvalue weighted by Crippen LogP contribution is -2.23. The molecule has 0 spiro atoms. The van der Waals surface area contributed by atoms with Crippen LogP contribution in [0.5, 0.6) is 0 Å². The summed E-state index contributed by atoms with van der Waals surface area (Å²) in [6, 6.07) is 16.3. The first-order valence-electron chi connectivity index (χ1n) is 7.10. The lowest BCUT2D eigenvalue weighted by atomic mass is 10.1. The first kappa shape index (κ1) is 15.6. The number of rotatable bonds is 5. The van der Waals surface area contributed by atoms with Gasteiger partial charge in [-0.05, 0) is 37.5 Å². The van der Waals surface area contributed by atoms with Crippen LogP contribution in [0.1, 0.15) is 23.6 Å². The number of hydrogen-bond donors (Lipinski definition) is 1. The Balaban J connectivity index is 1.94. The van der Waals surface area contributed by atoms with Crippen LogP contribution in [-0.2, 0) is 10.5 Å². The van der Waals surface area contributed by atoms with Gasteiger partial charge in [0.05, 0.1) is 5.25 Å². The topological polar surface area (TPSA) is 29.1 Å². The highest BCUT2D eigenvalue weighted by Gasteiger charge is 2.15. The molecule has 2 aromatic rings. The van der Waals surface area contributed by atoms with Crippen LogP contribution >= 0.6 is 11.8 Å². The molecule has 3 heteroatoms. The van der Waals surface area contributed by atoms with Crippen LogP contribution < -0.4 is 5.32 Å². The Morgan fingerprint density at radius 3 is 2.29 bits per heavy atom. The summed E-state index contributed by atoms with van der Waals surface area (Å²) < 4.78 is 0. The van der Waals surface area contributed by atoms with Gasteiger partial charge < -0.3 is 5.32 Å². The van der Waals surface area contributed by atoms with Gasteiger partial charge in [0.1, 0.15) is 0 Å². The van der Waals surface area contributed by atoms with E-state index < -0.39 is 0 Å². The minimum absolute atomic E-state index is 0.0633. The van der Waals surface area contributed by atoms with Crippen LogP contribution in [0.25, 0.3) is 0 Å². The number of para-hydroxylation sites is 1. The fourth-order valence-corrected chi connectivity index (χ4v) is 2.95. The Morgan fingerprint density at radius 1 is 1.05 bits per heavy atom. The highest BCUT2D eigenvalue weighted by molar-refractivity contribution is 7.99. The Hall–Kier alpha value is -1.74. The fourth-order valence-electron chi connectivity index (χ4n) is 2.11. The molecule has 21 heavy (non-hydrogen) atoms. The highest BCUT2D eigenvalue weighted by atomic mass is 32.2. The minimum Gasteiger partial charge on any atom is -0.325 e. The molecule has 1 amide bonds. The second kappa shape index (κ2) is 7.32. The normalized spacial score (nSPS) is 12.0. The van der Waals surface area contributed by atoms with Crippen LogP contribution in [0.15, 0.2) is 48.5 Å². The molecule has 0 aliphatic rings. The summed E-state index contributed by atoms with van der Waals surface area (Å²) in [5.41, 5.74) is 4.39. The van der Waals surface area contributed by atoms with Gasteiger partial charge in [-0.2, -0.15) is 0 Å². The molecule has 0 aliphatic carbocycles. The first-order valence-corrected chi connectivity index (χ1v) is 8.15. The molecular weight excluding hydrogens is 278 g/mol. The quantitative estimate of drug-likeness (QED) is 0.876. The van der Waals surface area contributed by atoms with Crippen molar-refractivity contribution in [2.75, 3.05) is 5.32 Å². The largest absolute Gasteiger partial charge is 0.325 e. The second-order valence-corrected chi connectivity index (χ2v) is 6.52. The number of hydrogen-bond acceptors (Lipinski definition) is 2. The average Bonchev–Trinajstić information content (AvgIpc) is 2.49. The van der Waals surface area contributed by atoms with E-state index >= 15 is 0 Å². The maximum absolute atomic E-state index is 12.3. The van der Waals surface area contributed by atoms with Crippen molar-refractivity contribution in [1.29, 1.82) is 0 Å². The number of carbonyl (C=O) groups is 1. The third kappa shape index (κ3) is 4.36. The number of nitrogens with one attached hydrogen (secondary N) is 1. The van der Waals surface area contributed by atoms with Crippen LogP contribution in [0.4, 0.5) is 5.69 Å². The maximum Gasteiger partial charge on any atom is 0.237 e. The zero-order valence-corrected chi connectivity index (χ0v) is 13.5. The Kier molecular flexibility index (Phi) is 5.45. The third-order valence-electron chi connectivity index (χ3n) is 3.44. The molecule has 2 aromatic carbocycles. The molecule has 1 N–H and O–H groups in total. The van der Waals surface area contributed by atoms with E-state index in [1.54, 1.807) is 11.8 Å². The van der Waals surface area contributed by atoms with Gasteiger partial charge in [0.25, 0.3) is 0 Å². The van der Waals surface area contributed by atoms with Crippen molar-refractivity contribution in [3.63, 3.8) is 0 Å². The zero-order chi connectivity index (χ0) is 15.2. The van der Waals surface area contributed by atoms with Crippen molar-refractivity contribution in [3.8, 4) is 0 Å². The predicted molar refractivity (Wildman–Crippen MR) is 91.7 cm³/mol. The molecule has 0 saturated carbocycles. The van der Waals surface area contributed by atoms with E-state index in [0.717, 1.165) is 22.6 Å². The average molecular weight is 299 g/mol. The standard InChI is InChI=1S/C18H21NOS/c1-13-8-7-9-14(2)17(13)19-18(20)15(3)21-12-16-10-5-4-6-11-16/h4-11,15H,12H2,1-3H3,(H,19,20)/t15-/m1/s1. The van der Waals surface area contributed by atoms with Crippen molar-refractivity contribution in [2.45, 2.75) is 31.8 Å². The predicted octanol–water partition coefficient (Wildman–Crippen LogP) is 4.56. The van der Waals surface area contributed by atoms with E-state index in [4.69, 9.17) is 0 Å². The SMILES string of the molecule is Cc1cccc(C)c1NC(=O)[C@@H](C)SCc1ccccc1. The summed E-state index contributed by atoms with van der Waals surface area (Å²) in [5, 5.41) is 2.98. The third-order valence-corrected chi connectivity index (χ3v) is 4.66. The van der Waals surface area contributed by atoms with Gasteiger partial charge in [-0.25, -0.2) is 0 Å². The highest BCUT2D eigenvalue weighted by Crippen LogP contribution is 2.23. The molecule has 110 valence electrons. The molecule has 2 nitrogen and oxygen atoms in total. The first-order chi connectivity index (χ1) is 10.1.